The van der Waals surface area contributed by atoms with Gasteiger partial charge in [-0.3, -0.25) is 9.89 Å². The molecule has 0 unspecified atom stereocenters. The molecule has 0 bridgehead atoms. The molecule has 19 heavy (non-hydrogen) atoms. The zero-order valence-electron chi connectivity index (χ0n) is 11.7. The third-order valence-corrected chi connectivity index (χ3v) is 3.37. The fourth-order valence-corrected chi connectivity index (χ4v) is 2.30. The van der Waals surface area contributed by atoms with Crippen LogP contribution in [0, 0.1) is 13.8 Å². The second-order valence-electron chi connectivity index (χ2n) is 4.79. The van der Waals surface area contributed by atoms with Gasteiger partial charge in [0, 0.05) is 17.9 Å². The Morgan fingerprint density at radius 3 is 2.95 bits per heavy atom. The van der Waals surface area contributed by atoms with Gasteiger partial charge in [-0.25, -0.2) is 0 Å². The highest BCUT2D eigenvalue weighted by Crippen LogP contribution is 2.12. The summed E-state index contributed by atoms with van der Waals surface area (Å²) < 4.78 is 10.9. The normalized spacial score (nSPS) is 22.7. The molecule has 6 heteroatoms. The highest BCUT2D eigenvalue weighted by molar-refractivity contribution is 5.79. The zero-order chi connectivity index (χ0) is 13.8. The maximum atomic E-state index is 12.1. The van der Waals surface area contributed by atoms with Crippen LogP contribution in [0.2, 0.25) is 0 Å². The van der Waals surface area contributed by atoms with Crippen molar-refractivity contribution in [3.05, 3.63) is 17.0 Å². The largest absolute Gasteiger partial charge is 0.376 e. The predicted octanol–water partition coefficient (Wildman–Crippen LogP) is 0.489. The van der Waals surface area contributed by atoms with E-state index in [0.29, 0.717) is 26.2 Å². The van der Waals surface area contributed by atoms with Gasteiger partial charge in [0.25, 0.3) is 0 Å². The molecular formula is C13H21N3O3. The summed E-state index contributed by atoms with van der Waals surface area (Å²) in [7, 11) is 0. The number of nitrogens with one attached hydrogen (secondary N) is 2. The molecule has 2 heterocycles. The Kier molecular flexibility index (Phi) is 4.55. The quantitative estimate of drug-likeness (QED) is 0.814. The van der Waals surface area contributed by atoms with Crippen LogP contribution in [0.25, 0.3) is 0 Å². The third kappa shape index (κ3) is 3.33. The summed E-state index contributed by atoms with van der Waals surface area (Å²) >= 11 is 0. The lowest BCUT2D eigenvalue weighted by atomic mass is 10.1. The van der Waals surface area contributed by atoms with Crippen molar-refractivity contribution in [1.82, 2.24) is 15.5 Å². The summed E-state index contributed by atoms with van der Waals surface area (Å²) in [6.07, 6.45) is 0.296. The Morgan fingerprint density at radius 2 is 2.32 bits per heavy atom. The molecule has 1 fully saturated rings. The van der Waals surface area contributed by atoms with Crippen LogP contribution in [-0.4, -0.2) is 48.1 Å². The van der Waals surface area contributed by atoms with E-state index < -0.39 is 0 Å². The van der Waals surface area contributed by atoms with Crippen molar-refractivity contribution in [2.24, 2.45) is 0 Å². The number of hydrogen-bond donors (Lipinski definition) is 2. The minimum absolute atomic E-state index is 0.0206. The molecule has 0 aromatic carbocycles. The van der Waals surface area contributed by atoms with E-state index in [1.165, 1.54) is 0 Å². The third-order valence-electron chi connectivity index (χ3n) is 3.37. The summed E-state index contributed by atoms with van der Waals surface area (Å²) in [5.74, 6) is -0.0206. The Bertz CT molecular complexity index is 425. The van der Waals surface area contributed by atoms with Crippen LogP contribution in [-0.2, 0) is 20.7 Å². The van der Waals surface area contributed by atoms with E-state index in [4.69, 9.17) is 9.47 Å². The maximum Gasteiger partial charge on any atom is 0.224 e. The Morgan fingerprint density at radius 1 is 1.53 bits per heavy atom. The van der Waals surface area contributed by atoms with Crippen LogP contribution < -0.4 is 5.32 Å². The maximum absolute atomic E-state index is 12.1. The van der Waals surface area contributed by atoms with Gasteiger partial charge in [0.1, 0.15) is 6.10 Å². The van der Waals surface area contributed by atoms with Crippen LogP contribution in [0.5, 0.6) is 0 Å². The molecule has 0 saturated carbocycles. The number of aromatic amines is 1. The molecule has 0 spiro atoms. The molecule has 1 saturated heterocycles. The molecule has 2 rings (SSSR count). The lowest BCUT2D eigenvalue weighted by Gasteiger charge is -2.18. The molecule has 0 radical (unpaired) electrons. The molecule has 6 nitrogen and oxygen atoms in total. The summed E-state index contributed by atoms with van der Waals surface area (Å²) in [5.41, 5.74) is 2.78. The van der Waals surface area contributed by atoms with Crippen LogP contribution in [0.1, 0.15) is 23.9 Å². The first-order valence-electron chi connectivity index (χ1n) is 6.61. The molecular weight excluding hydrogens is 246 g/mol. The lowest BCUT2D eigenvalue weighted by molar-refractivity contribution is -0.122. The number of rotatable bonds is 5. The first kappa shape index (κ1) is 14.0. The number of carbonyl (C=O) groups is 1. The van der Waals surface area contributed by atoms with Gasteiger partial charge in [-0.05, 0) is 20.8 Å². The Balaban J connectivity index is 1.91. The number of aryl methyl sites for hydroxylation is 2. The average Bonchev–Trinajstić information content (AvgIpc) is 2.92. The summed E-state index contributed by atoms with van der Waals surface area (Å²) in [6.45, 7) is 7.44. The number of carbonyl (C=O) groups excluding carboxylic acids is 1. The van der Waals surface area contributed by atoms with E-state index in [-0.39, 0.29) is 18.1 Å². The van der Waals surface area contributed by atoms with Gasteiger partial charge >= 0.3 is 0 Å². The fraction of sp³-hybridized carbons (Fsp3) is 0.692. The lowest BCUT2D eigenvalue weighted by Crippen LogP contribution is -2.44. The van der Waals surface area contributed by atoms with Crippen molar-refractivity contribution in [3.8, 4) is 0 Å². The Hall–Kier alpha value is -1.40. The minimum atomic E-state index is -0.0556. The number of H-pyrrole nitrogens is 1. The van der Waals surface area contributed by atoms with Crippen molar-refractivity contribution < 1.29 is 14.3 Å². The minimum Gasteiger partial charge on any atom is -0.376 e. The van der Waals surface area contributed by atoms with E-state index in [2.05, 4.69) is 15.5 Å². The second kappa shape index (κ2) is 6.16. The first-order chi connectivity index (χ1) is 9.11. The van der Waals surface area contributed by atoms with Crippen molar-refractivity contribution in [1.29, 1.82) is 0 Å². The topological polar surface area (TPSA) is 76.2 Å². The smallest absolute Gasteiger partial charge is 0.224 e. The number of ether oxygens (including phenoxy) is 2. The molecule has 1 aromatic heterocycles. The standard InChI is InChI=1S/C13H21N3O3/c1-4-19-12-7-18-6-11(12)14-13(17)5-10-8(2)15-16-9(10)3/h11-12H,4-7H2,1-3H3,(H,14,17)(H,15,16)/t11-,12-/m0/s1. The molecule has 1 aliphatic heterocycles. The molecule has 2 atom stereocenters. The number of amides is 1. The van der Waals surface area contributed by atoms with Gasteiger partial charge in [-0.15, -0.1) is 0 Å². The predicted molar refractivity (Wildman–Crippen MR) is 69.9 cm³/mol. The van der Waals surface area contributed by atoms with Crippen molar-refractivity contribution >= 4 is 5.91 Å². The first-order valence-corrected chi connectivity index (χ1v) is 6.61. The zero-order valence-corrected chi connectivity index (χ0v) is 11.7. The van der Waals surface area contributed by atoms with Gasteiger partial charge in [0.2, 0.25) is 5.91 Å². The molecule has 2 N–H and O–H groups in total. The van der Waals surface area contributed by atoms with Crippen molar-refractivity contribution in [2.75, 3.05) is 19.8 Å². The van der Waals surface area contributed by atoms with Crippen LogP contribution >= 0.6 is 0 Å². The fourth-order valence-electron chi connectivity index (χ4n) is 2.30. The van der Waals surface area contributed by atoms with E-state index in [1.54, 1.807) is 0 Å². The van der Waals surface area contributed by atoms with Gasteiger partial charge in [-0.1, -0.05) is 0 Å². The number of nitrogens with zero attached hydrogens (tertiary/aromatic N) is 1. The Labute approximate surface area is 112 Å². The molecule has 106 valence electrons. The highest BCUT2D eigenvalue weighted by Gasteiger charge is 2.30. The number of hydrogen-bond acceptors (Lipinski definition) is 4. The van der Waals surface area contributed by atoms with Crippen LogP contribution in [0.15, 0.2) is 0 Å². The summed E-state index contributed by atoms with van der Waals surface area (Å²) in [4.78, 5) is 12.1. The van der Waals surface area contributed by atoms with E-state index in [9.17, 15) is 4.79 Å². The van der Waals surface area contributed by atoms with Crippen LogP contribution in [0.3, 0.4) is 0 Å². The highest BCUT2D eigenvalue weighted by atomic mass is 16.5. The monoisotopic (exact) mass is 267 g/mol. The average molecular weight is 267 g/mol. The van der Waals surface area contributed by atoms with Gasteiger partial charge in [0.05, 0.1) is 31.4 Å². The van der Waals surface area contributed by atoms with Gasteiger partial charge < -0.3 is 14.8 Å². The number of aromatic nitrogens is 2. The molecule has 1 aromatic rings. The van der Waals surface area contributed by atoms with Crippen LogP contribution in [0.4, 0.5) is 0 Å². The van der Waals surface area contributed by atoms with Gasteiger partial charge in [0.15, 0.2) is 0 Å². The van der Waals surface area contributed by atoms with E-state index in [1.807, 2.05) is 20.8 Å². The SMILES string of the molecule is CCO[C@H]1COC[C@@H]1NC(=O)Cc1c(C)n[nH]c1C. The molecule has 1 aliphatic rings. The van der Waals surface area contributed by atoms with Crippen molar-refractivity contribution in [3.63, 3.8) is 0 Å². The molecule has 1 amide bonds. The van der Waals surface area contributed by atoms with Crippen molar-refractivity contribution in [2.45, 2.75) is 39.3 Å². The van der Waals surface area contributed by atoms with E-state index >= 15 is 0 Å². The second-order valence-corrected chi connectivity index (χ2v) is 4.79. The summed E-state index contributed by atoms with van der Waals surface area (Å²) in [5, 5.41) is 9.95. The van der Waals surface area contributed by atoms with Gasteiger partial charge in [-0.2, -0.15) is 5.10 Å². The molecule has 0 aliphatic carbocycles. The summed E-state index contributed by atoms with van der Waals surface area (Å²) in [6, 6.07) is -0.0556. The van der Waals surface area contributed by atoms with E-state index in [0.717, 1.165) is 17.0 Å².